The van der Waals surface area contributed by atoms with Crippen LogP contribution in [0, 0.1) is 0 Å². The molecule has 7 heteroatoms. The van der Waals surface area contributed by atoms with Crippen LogP contribution in [-0.2, 0) is 6.42 Å². The molecule has 27 heavy (non-hydrogen) atoms. The number of aryl methyl sites for hydroxylation is 1. The van der Waals surface area contributed by atoms with Gasteiger partial charge in [0.05, 0.1) is 17.3 Å². The van der Waals surface area contributed by atoms with Gasteiger partial charge in [-0.05, 0) is 57.6 Å². The minimum atomic E-state index is -0.163. The fraction of sp³-hybridized carbons (Fsp3) is 0.550. The highest BCUT2D eigenvalue weighted by atomic mass is 16.2. The maximum Gasteiger partial charge on any atom is 0.270 e. The molecule has 1 unspecified atom stereocenters. The number of carbonyl (C=O) groups is 2. The summed E-state index contributed by atoms with van der Waals surface area (Å²) in [7, 11) is 0. The summed E-state index contributed by atoms with van der Waals surface area (Å²) in [6.07, 6.45) is 8.74. The molecule has 2 N–H and O–H groups in total. The van der Waals surface area contributed by atoms with Crippen molar-refractivity contribution in [2.24, 2.45) is 0 Å². The number of nitrogens with zero attached hydrogens (tertiary/aromatic N) is 3. The van der Waals surface area contributed by atoms with Gasteiger partial charge in [0.1, 0.15) is 5.69 Å². The number of hydrogen-bond acceptors (Lipinski definition) is 3. The Bertz CT molecular complexity index is 844. The summed E-state index contributed by atoms with van der Waals surface area (Å²) in [5.41, 5.74) is 3.18. The Hall–Kier alpha value is -2.57. The van der Waals surface area contributed by atoms with Crippen molar-refractivity contribution in [2.75, 3.05) is 13.1 Å². The van der Waals surface area contributed by atoms with Crippen LogP contribution >= 0.6 is 0 Å². The van der Waals surface area contributed by atoms with Gasteiger partial charge in [-0.15, -0.1) is 0 Å². The number of nitrogens with one attached hydrogen (secondary N) is 2. The zero-order chi connectivity index (χ0) is 19.0. The van der Waals surface area contributed by atoms with Gasteiger partial charge in [0.25, 0.3) is 11.8 Å². The van der Waals surface area contributed by atoms with E-state index in [2.05, 4.69) is 30.3 Å². The predicted molar refractivity (Wildman–Crippen MR) is 102 cm³/mol. The zero-order valence-electron chi connectivity index (χ0n) is 16.0. The molecule has 0 aromatic carbocycles. The van der Waals surface area contributed by atoms with E-state index < -0.39 is 0 Å². The molecule has 2 aliphatic rings. The zero-order valence-corrected chi connectivity index (χ0v) is 16.0. The van der Waals surface area contributed by atoms with Crippen LogP contribution in [0.2, 0.25) is 0 Å². The van der Waals surface area contributed by atoms with E-state index in [9.17, 15) is 9.59 Å². The van der Waals surface area contributed by atoms with Gasteiger partial charge in [-0.2, -0.15) is 5.10 Å². The highest BCUT2D eigenvalue weighted by Gasteiger charge is 2.27. The molecule has 2 aromatic heterocycles. The molecule has 0 saturated carbocycles. The van der Waals surface area contributed by atoms with Crippen molar-refractivity contribution in [3.8, 4) is 0 Å². The van der Waals surface area contributed by atoms with Crippen LogP contribution in [0.25, 0.3) is 0 Å². The largest absolute Gasteiger partial charge is 0.356 e. The van der Waals surface area contributed by atoms with Crippen LogP contribution in [-0.4, -0.2) is 44.6 Å². The Labute approximate surface area is 159 Å². The first-order valence-electron chi connectivity index (χ1n) is 9.89. The van der Waals surface area contributed by atoms with Gasteiger partial charge in [0.2, 0.25) is 0 Å². The number of amides is 2. The summed E-state index contributed by atoms with van der Waals surface area (Å²) in [5, 5.41) is 7.80. The molecule has 7 nitrogen and oxygen atoms in total. The van der Waals surface area contributed by atoms with Gasteiger partial charge in [0, 0.05) is 31.5 Å². The molecule has 3 heterocycles. The van der Waals surface area contributed by atoms with Gasteiger partial charge in [-0.25, -0.2) is 0 Å². The highest BCUT2D eigenvalue weighted by Crippen LogP contribution is 2.29. The van der Waals surface area contributed by atoms with Gasteiger partial charge in [-0.3, -0.25) is 14.3 Å². The lowest BCUT2D eigenvalue weighted by atomic mass is 9.93. The third kappa shape index (κ3) is 3.50. The molecule has 1 saturated heterocycles. The molecule has 144 valence electrons. The van der Waals surface area contributed by atoms with Gasteiger partial charge in [-0.1, -0.05) is 0 Å². The quantitative estimate of drug-likeness (QED) is 0.869. The molecule has 4 rings (SSSR count). The fourth-order valence-corrected chi connectivity index (χ4v) is 3.95. The number of likely N-dealkylation sites (tertiary alicyclic amines) is 1. The van der Waals surface area contributed by atoms with Crippen LogP contribution in [0.3, 0.4) is 0 Å². The normalized spacial score (nSPS) is 19.4. The Balaban J connectivity index is 1.46. The minimum absolute atomic E-state index is 0.0258. The van der Waals surface area contributed by atoms with Gasteiger partial charge in [0.15, 0.2) is 0 Å². The number of fused-ring (bicyclic) bond motifs is 1. The summed E-state index contributed by atoms with van der Waals surface area (Å²) in [4.78, 5) is 30.0. The third-order valence-electron chi connectivity index (χ3n) is 5.51. The van der Waals surface area contributed by atoms with E-state index in [0.717, 1.165) is 50.9 Å². The van der Waals surface area contributed by atoms with E-state index in [1.54, 1.807) is 12.3 Å². The van der Waals surface area contributed by atoms with E-state index in [1.807, 2.05) is 9.58 Å². The monoisotopic (exact) mass is 369 g/mol. The maximum atomic E-state index is 12.7. The summed E-state index contributed by atoms with van der Waals surface area (Å²) < 4.78 is 1.97. The van der Waals surface area contributed by atoms with Crippen LogP contribution in [0.4, 0.5) is 0 Å². The second-order valence-electron chi connectivity index (χ2n) is 7.83. The van der Waals surface area contributed by atoms with E-state index in [4.69, 9.17) is 5.10 Å². The summed E-state index contributed by atoms with van der Waals surface area (Å²) in [6, 6.07) is 1.89. The molecule has 0 bridgehead atoms. The van der Waals surface area contributed by atoms with Gasteiger partial charge < -0.3 is 15.2 Å². The van der Waals surface area contributed by atoms with Crippen molar-refractivity contribution < 1.29 is 9.59 Å². The lowest BCUT2D eigenvalue weighted by molar-refractivity contribution is 0.0787. The SMILES string of the molecule is CC(C)n1cc2c(n1)C(NC(=O)c1c[nH]c(C(=O)N3CCCC3)c1)CCC2. The van der Waals surface area contributed by atoms with Crippen molar-refractivity contribution in [2.45, 2.75) is 58.0 Å². The molecule has 2 aromatic rings. The summed E-state index contributed by atoms with van der Waals surface area (Å²) in [5.74, 6) is -0.189. The van der Waals surface area contributed by atoms with Crippen molar-refractivity contribution in [1.82, 2.24) is 25.0 Å². The molecule has 0 spiro atoms. The number of H-pyrrole nitrogens is 1. The minimum Gasteiger partial charge on any atom is -0.356 e. The van der Waals surface area contributed by atoms with Crippen LogP contribution in [0.15, 0.2) is 18.5 Å². The molecular weight excluding hydrogens is 342 g/mol. The number of hydrogen-bond donors (Lipinski definition) is 2. The second kappa shape index (κ2) is 7.21. The second-order valence-corrected chi connectivity index (χ2v) is 7.83. The molecular formula is C20H27N5O2. The van der Waals surface area contributed by atoms with E-state index in [-0.39, 0.29) is 17.9 Å². The number of aromatic nitrogens is 3. The van der Waals surface area contributed by atoms with Crippen molar-refractivity contribution in [3.05, 3.63) is 41.0 Å². The first-order chi connectivity index (χ1) is 13.0. The van der Waals surface area contributed by atoms with Gasteiger partial charge >= 0.3 is 0 Å². The number of carbonyl (C=O) groups excluding carboxylic acids is 2. The number of aromatic amines is 1. The third-order valence-corrected chi connectivity index (χ3v) is 5.51. The fourth-order valence-electron chi connectivity index (χ4n) is 3.95. The average molecular weight is 369 g/mol. The standard InChI is InChI=1S/C20H27N5O2/c1-13(2)25-12-14-6-5-7-16(18(14)23-25)22-19(26)15-10-17(21-11-15)20(27)24-8-3-4-9-24/h10-13,16,21H,3-9H2,1-2H3,(H,22,26). The van der Waals surface area contributed by atoms with Crippen molar-refractivity contribution >= 4 is 11.8 Å². The Morgan fingerprint density at radius 1 is 1.26 bits per heavy atom. The summed E-state index contributed by atoms with van der Waals surface area (Å²) in [6.45, 7) is 5.79. The maximum absolute atomic E-state index is 12.7. The van der Waals surface area contributed by atoms with Crippen LogP contribution in [0.5, 0.6) is 0 Å². The lowest BCUT2D eigenvalue weighted by Crippen LogP contribution is -2.31. The molecule has 1 atom stereocenters. The smallest absolute Gasteiger partial charge is 0.270 e. The molecule has 1 aliphatic heterocycles. The van der Waals surface area contributed by atoms with Crippen molar-refractivity contribution in [1.29, 1.82) is 0 Å². The Kier molecular flexibility index (Phi) is 4.76. The summed E-state index contributed by atoms with van der Waals surface area (Å²) >= 11 is 0. The molecule has 1 fully saturated rings. The Morgan fingerprint density at radius 2 is 2.04 bits per heavy atom. The van der Waals surface area contributed by atoms with E-state index in [1.165, 1.54) is 5.56 Å². The molecule has 0 radical (unpaired) electrons. The Morgan fingerprint density at radius 3 is 2.78 bits per heavy atom. The highest BCUT2D eigenvalue weighted by molar-refractivity contribution is 5.99. The van der Waals surface area contributed by atoms with Crippen LogP contribution < -0.4 is 5.32 Å². The van der Waals surface area contributed by atoms with Crippen LogP contribution in [0.1, 0.15) is 83.7 Å². The van der Waals surface area contributed by atoms with E-state index >= 15 is 0 Å². The predicted octanol–water partition coefficient (Wildman–Crippen LogP) is 2.84. The number of rotatable bonds is 4. The topological polar surface area (TPSA) is 83.0 Å². The first-order valence-corrected chi connectivity index (χ1v) is 9.89. The molecule has 1 aliphatic carbocycles. The lowest BCUT2D eigenvalue weighted by Gasteiger charge is -2.22. The van der Waals surface area contributed by atoms with Crippen molar-refractivity contribution in [3.63, 3.8) is 0 Å². The first kappa shape index (κ1) is 17.8. The van der Waals surface area contributed by atoms with E-state index in [0.29, 0.717) is 17.3 Å². The molecule has 2 amide bonds. The average Bonchev–Trinajstić information content (AvgIpc) is 3.40.